The molecule has 0 aliphatic rings. The first kappa shape index (κ1) is 18.4. The molecular formula is C21H20N2O4. The van der Waals surface area contributed by atoms with E-state index in [1.54, 1.807) is 42.9 Å². The van der Waals surface area contributed by atoms with Gasteiger partial charge in [-0.15, -0.1) is 0 Å². The Morgan fingerprint density at radius 1 is 0.963 bits per heavy atom. The van der Waals surface area contributed by atoms with E-state index in [9.17, 15) is 4.79 Å². The zero-order chi connectivity index (χ0) is 19.1. The third-order valence-electron chi connectivity index (χ3n) is 3.81. The molecule has 0 N–H and O–H groups in total. The van der Waals surface area contributed by atoms with Crippen molar-refractivity contribution in [1.82, 2.24) is 9.97 Å². The van der Waals surface area contributed by atoms with E-state index in [1.165, 1.54) is 0 Å². The molecule has 0 atom stereocenters. The summed E-state index contributed by atoms with van der Waals surface area (Å²) in [5.74, 6) is 0.956. The minimum atomic E-state index is -0.521. The molecule has 2 heterocycles. The molecule has 0 radical (unpaired) electrons. The maximum absolute atomic E-state index is 12.4. The highest BCUT2D eigenvalue weighted by Crippen LogP contribution is 2.23. The van der Waals surface area contributed by atoms with Crippen LogP contribution in [-0.2, 0) is 4.74 Å². The van der Waals surface area contributed by atoms with Crippen LogP contribution in [0, 0.1) is 13.8 Å². The summed E-state index contributed by atoms with van der Waals surface area (Å²) in [5, 5.41) is 0. The molecule has 0 saturated carbocycles. The molecular weight excluding hydrogens is 344 g/mol. The molecule has 0 bridgehead atoms. The Morgan fingerprint density at radius 3 is 2.48 bits per heavy atom. The second-order valence-corrected chi connectivity index (χ2v) is 5.85. The van der Waals surface area contributed by atoms with Crippen molar-refractivity contribution in [2.24, 2.45) is 0 Å². The normalized spacial score (nSPS) is 10.3. The van der Waals surface area contributed by atoms with Crippen LogP contribution in [0.3, 0.4) is 0 Å². The molecule has 0 saturated heterocycles. The summed E-state index contributed by atoms with van der Waals surface area (Å²) in [6.45, 7) is 4.34. The fourth-order valence-corrected chi connectivity index (χ4v) is 2.53. The lowest BCUT2D eigenvalue weighted by Gasteiger charge is -2.12. The van der Waals surface area contributed by atoms with Gasteiger partial charge in [0.15, 0.2) is 0 Å². The number of esters is 1. The van der Waals surface area contributed by atoms with Crippen LogP contribution in [0.2, 0.25) is 0 Å². The predicted octanol–water partition coefficient (Wildman–Crippen LogP) is 4.12. The van der Waals surface area contributed by atoms with Crippen LogP contribution in [-0.4, -0.2) is 29.2 Å². The van der Waals surface area contributed by atoms with Crippen LogP contribution >= 0.6 is 0 Å². The first-order valence-corrected chi connectivity index (χ1v) is 8.54. The average Bonchev–Trinajstić information content (AvgIpc) is 2.68. The van der Waals surface area contributed by atoms with E-state index in [4.69, 9.17) is 14.2 Å². The topological polar surface area (TPSA) is 70.5 Å². The number of aromatic nitrogens is 2. The summed E-state index contributed by atoms with van der Waals surface area (Å²) < 4.78 is 16.7. The van der Waals surface area contributed by atoms with Gasteiger partial charge >= 0.3 is 5.97 Å². The maximum atomic E-state index is 12.4. The number of hydrogen-bond donors (Lipinski definition) is 0. The second-order valence-electron chi connectivity index (χ2n) is 5.85. The van der Waals surface area contributed by atoms with E-state index in [0.29, 0.717) is 5.75 Å². The lowest BCUT2D eigenvalue weighted by molar-refractivity contribution is 0.0446. The summed E-state index contributed by atoms with van der Waals surface area (Å²) in [6, 6.07) is 12.7. The first-order valence-electron chi connectivity index (χ1n) is 8.54. The van der Waals surface area contributed by atoms with Crippen LogP contribution in [0.4, 0.5) is 0 Å². The van der Waals surface area contributed by atoms with Crippen molar-refractivity contribution in [3.63, 3.8) is 0 Å². The van der Waals surface area contributed by atoms with E-state index < -0.39 is 5.97 Å². The Labute approximate surface area is 157 Å². The van der Waals surface area contributed by atoms with Crippen LogP contribution in [0.15, 0.2) is 61.1 Å². The summed E-state index contributed by atoms with van der Waals surface area (Å²) in [5.41, 5.74) is 2.33. The van der Waals surface area contributed by atoms with Crippen LogP contribution in [0.5, 0.6) is 17.4 Å². The van der Waals surface area contributed by atoms with E-state index >= 15 is 0 Å². The third kappa shape index (κ3) is 4.82. The number of carbonyl (C=O) groups is 1. The molecule has 1 aromatic carbocycles. The number of pyridine rings is 2. The molecule has 2 aromatic heterocycles. The van der Waals surface area contributed by atoms with Gasteiger partial charge in [0.25, 0.3) is 0 Å². The molecule has 3 aromatic rings. The minimum absolute atomic E-state index is 0.119. The maximum Gasteiger partial charge on any atom is 0.343 e. The van der Waals surface area contributed by atoms with Crippen molar-refractivity contribution in [3.8, 4) is 17.4 Å². The van der Waals surface area contributed by atoms with Crippen molar-refractivity contribution in [3.05, 3.63) is 77.7 Å². The lowest BCUT2D eigenvalue weighted by Crippen LogP contribution is -2.14. The van der Waals surface area contributed by atoms with Crippen molar-refractivity contribution in [1.29, 1.82) is 0 Å². The van der Waals surface area contributed by atoms with Gasteiger partial charge in [-0.3, -0.25) is 4.98 Å². The lowest BCUT2D eigenvalue weighted by atomic mass is 10.1. The summed E-state index contributed by atoms with van der Waals surface area (Å²) in [6.07, 6.45) is 4.73. The van der Waals surface area contributed by atoms with Gasteiger partial charge in [-0.05, 0) is 49.2 Å². The van der Waals surface area contributed by atoms with E-state index in [1.807, 2.05) is 32.0 Å². The van der Waals surface area contributed by atoms with Gasteiger partial charge in [-0.2, -0.15) is 0 Å². The fraction of sp³-hybridized carbons (Fsp3) is 0.190. The first-order chi connectivity index (χ1) is 13.1. The van der Waals surface area contributed by atoms with E-state index in [-0.39, 0.29) is 24.7 Å². The van der Waals surface area contributed by atoms with Gasteiger partial charge in [0.2, 0.25) is 5.88 Å². The van der Waals surface area contributed by atoms with Crippen LogP contribution in [0.25, 0.3) is 0 Å². The molecule has 6 heteroatoms. The Bertz CT molecular complexity index is 893. The standard InChI is InChI=1S/C21H20N2O4/c1-15-6-3-7-16(2)19(15)25-12-13-26-21(24)18-9-5-11-23-20(18)27-17-8-4-10-22-14-17/h3-11,14H,12-13H2,1-2H3. The third-order valence-corrected chi connectivity index (χ3v) is 3.81. The molecule has 138 valence electrons. The number of hydrogen-bond acceptors (Lipinski definition) is 6. The monoisotopic (exact) mass is 364 g/mol. The van der Waals surface area contributed by atoms with Gasteiger partial charge in [0, 0.05) is 12.4 Å². The number of carbonyl (C=O) groups excluding carboxylic acids is 1. The van der Waals surface area contributed by atoms with E-state index in [0.717, 1.165) is 16.9 Å². The molecule has 6 nitrogen and oxygen atoms in total. The zero-order valence-electron chi connectivity index (χ0n) is 15.2. The van der Waals surface area contributed by atoms with Gasteiger partial charge in [-0.1, -0.05) is 18.2 Å². The average molecular weight is 364 g/mol. The summed E-state index contributed by atoms with van der Waals surface area (Å²) in [4.78, 5) is 20.5. The van der Waals surface area contributed by atoms with Crippen molar-refractivity contribution >= 4 is 5.97 Å². The van der Waals surface area contributed by atoms with Gasteiger partial charge < -0.3 is 14.2 Å². The van der Waals surface area contributed by atoms with Gasteiger partial charge in [0.05, 0.1) is 6.20 Å². The quantitative estimate of drug-likeness (QED) is 0.464. The molecule has 0 fully saturated rings. The second kappa shape index (κ2) is 8.80. The van der Waals surface area contributed by atoms with Gasteiger partial charge in [-0.25, -0.2) is 9.78 Å². The van der Waals surface area contributed by atoms with Crippen molar-refractivity contribution < 1.29 is 19.0 Å². The van der Waals surface area contributed by atoms with Crippen LogP contribution in [0.1, 0.15) is 21.5 Å². The highest BCUT2D eigenvalue weighted by molar-refractivity contribution is 5.91. The van der Waals surface area contributed by atoms with Crippen molar-refractivity contribution in [2.45, 2.75) is 13.8 Å². The highest BCUT2D eigenvalue weighted by Gasteiger charge is 2.16. The molecule has 0 aliphatic heterocycles. The smallest absolute Gasteiger partial charge is 0.343 e. The minimum Gasteiger partial charge on any atom is -0.489 e. The molecule has 3 rings (SSSR count). The number of aryl methyl sites for hydroxylation is 2. The fourth-order valence-electron chi connectivity index (χ4n) is 2.53. The number of para-hydroxylation sites is 1. The Kier molecular flexibility index (Phi) is 5.99. The Balaban J connectivity index is 1.58. The van der Waals surface area contributed by atoms with Crippen molar-refractivity contribution in [2.75, 3.05) is 13.2 Å². The van der Waals surface area contributed by atoms with Gasteiger partial charge in [0.1, 0.15) is 30.3 Å². The summed E-state index contributed by atoms with van der Waals surface area (Å²) in [7, 11) is 0. The molecule has 0 amide bonds. The highest BCUT2D eigenvalue weighted by atomic mass is 16.6. The molecule has 0 aliphatic carbocycles. The molecule has 0 unspecified atom stereocenters. The van der Waals surface area contributed by atoms with E-state index in [2.05, 4.69) is 9.97 Å². The molecule has 27 heavy (non-hydrogen) atoms. The number of nitrogens with zero attached hydrogens (tertiary/aromatic N) is 2. The predicted molar refractivity (Wildman–Crippen MR) is 100 cm³/mol. The largest absolute Gasteiger partial charge is 0.489 e. The number of ether oxygens (including phenoxy) is 3. The van der Waals surface area contributed by atoms with Crippen LogP contribution < -0.4 is 9.47 Å². The Hall–Kier alpha value is -3.41. The number of rotatable bonds is 7. The SMILES string of the molecule is Cc1cccc(C)c1OCCOC(=O)c1cccnc1Oc1cccnc1. The molecule has 0 spiro atoms. The number of benzene rings is 1. The zero-order valence-corrected chi connectivity index (χ0v) is 15.2. The Morgan fingerprint density at radius 2 is 1.74 bits per heavy atom. The summed E-state index contributed by atoms with van der Waals surface area (Å²) >= 11 is 0.